The number of alkyl halides is 2. The van der Waals surface area contributed by atoms with E-state index in [2.05, 4.69) is 0 Å². The Morgan fingerprint density at radius 3 is 1.03 bits per heavy atom. The van der Waals surface area contributed by atoms with Crippen molar-refractivity contribution in [3.63, 3.8) is 0 Å². The summed E-state index contributed by atoms with van der Waals surface area (Å²) < 4.78 is 0. The number of nitro groups is 4. The molecular formula is C14H8Cl2N4O10. The molecule has 0 bridgehead atoms. The highest BCUT2D eigenvalue weighted by Gasteiger charge is 2.35. The van der Waals surface area contributed by atoms with Crippen molar-refractivity contribution in [3.8, 4) is 11.5 Å². The number of hydrogen-bond donors (Lipinski definition) is 2. The number of aromatic hydroxyl groups is 2. The van der Waals surface area contributed by atoms with Gasteiger partial charge in [-0.3, -0.25) is 40.5 Å². The number of nitrogens with zero attached hydrogens (tertiary/aromatic N) is 4. The second-order valence-corrected chi connectivity index (χ2v) is 6.82. The van der Waals surface area contributed by atoms with Crippen molar-refractivity contribution >= 4 is 46.0 Å². The van der Waals surface area contributed by atoms with Gasteiger partial charge in [0.1, 0.15) is 4.84 Å². The van der Waals surface area contributed by atoms with Gasteiger partial charge in [0.15, 0.2) is 0 Å². The van der Waals surface area contributed by atoms with Crippen LogP contribution in [0.15, 0.2) is 24.3 Å². The molecule has 0 saturated heterocycles. The van der Waals surface area contributed by atoms with E-state index in [1.54, 1.807) is 0 Å². The van der Waals surface area contributed by atoms with Crippen LogP contribution in [0.1, 0.15) is 17.0 Å². The monoisotopic (exact) mass is 462 g/mol. The molecule has 0 aliphatic rings. The highest BCUT2D eigenvalue weighted by atomic mass is 35.5. The Labute approximate surface area is 174 Å². The number of halogens is 2. The fourth-order valence-electron chi connectivity index (χ4n) is 2.65. The lowest BCUT2D eigenvalue weighted by Gasteiger charge is -2.19. The van der Waals surface area contributed by atoms with Crippen molar-refractivity contribution < 1.29 is 29.9 Å². The van der Waals surface area contributed by atoms with Crippen molar-refractivity contribution in [3.05, 3.63) is 75.8 Å². The number of rotatable bonds is 7. The van der Waals surface area contributed by atoms with Crippen molar-refractivity contribution in [2.24, 2.45) is 0 Å². The van der Waals surface area contributed by atoms with Crippen LogP contribution in [-0.2, 0) is 0 Å². The fourth-order valence-corrected chi connectivity index (χ4v) is 3.23. The SMILES string of the molecule is O=[N+]([O-])c1cc(C(c2cc([N+](=O)[O-])c(O)c([N+](=O)[O-])c2)C(Cl)Cl)cc([N+](=O)[O-])c1O. The number of phenols is 2. The first kappa shape index (κ1) is 22.5. The zero-order valence-electron chi connectivity index (χ0n) is 14.2. The molecule has 0 spiro atoms. The van der Waals surface area contributed by atoms with Crippen LogP contribution in [0.25, 0.3) is 0 Å². The van der Waals surface area contributed by atoms with E-state index < -0.39 is 64.7 Å². The van der Waals surface area contributed by atoms with Gasteiger partial charge >= 0.3 is 22.7 Å². The smallest absolute Gasteiger partial charge is 0.318 e. The third kappa shape index (κ3) is 4.13. The van der Waals surface area contributed by atoms with E-state index >= 15 is 0 Å². The maximum Gasteiger partial charge on any atom is 0.318 e. The summed E-state index contributed by atoms with van der Waals surface area (Å²) in [5.74, 6) is -3.99. The molecule has 2 rings (SSSR count). The lowest BCUT2D eigenvalue weighted by Crippen LogP contribution is -2.11. The van der Waals surface area contributed by atoms with Gasteiger partial charge in [-0.15, -0.1) is 23.2 Å². The van der Waals surface area contributed by atoms with Gasteiger partial charge in [0.25, 0.3) is 11.5 Å². The molecule has 0 heterocycles. The van der Waals surface area contributed by atoms with E-state index in [0.29, 0.717) is 24.3 Å². The molecule has 14 nitrogen and oxygen atoms in total. The maximum absolute atomic E-state index is 11.2. The largest absolute Gasteiger partial charge is 0.497 e. The molecule has 30 heavy (non-hydrogen) atoms. The van der Waals surface area contributed by atoms with E-state index in [4.69, 9.17) is 23.2 Å². The van der Waals surface area contributed by atoms with Crippen LogP contribution in [0.2, 0.25) is 0 Å². The van der Waals surface area contributed by atoms with E-state index in [-0.39, 0.29) is 11.1 Å². The second-order valence-electron chi connectivity index (χ2n) is 5.66. The second kappa shape index (κ2) is 8.30. The van der Waals surface area contributed by atoms with E-state index in [1.165, 1.54) is 0 Å². The van der Waals surface area contributed by atoms with E-state index in [1.807, 2.05) is 0 Å². The van der Waals surface area contributed by atoms with Crippen LogP contribution >= 0.6 is 23.2 Å². The van der Waals surface area contributed by atoms with Crippen LogP contribution < -0.4 is 0 Å². The summed E-state index contributed by atoms with van der Waals surface area (Å²) >= 11 is 11.8. The van der Waals surface area contributed by atoms with Crippen LogP contribution in [0.4, 0.5) is 22.7 Å². The summed E-state index contributed by atoms with van der Waals surface area (Å²) in [7, 11) is 0. The Hall–Kier alpha value is -3.78. The average molecular weight is 463 g/mol. The van der Waals surface area contributed by atoms with E-state index in [0.717, 1.165) is 0 Å². The Morgan fingerprint density at radius 1 is 0.633 bits per heavy atom. The summed E-state index contributed by atoms with van der Waals surface area (Å²) in [6, 6.07) is 2.76. The third-order valence-electron chi connectivity index (χ3n) is 3.94. The number of nitro benzene ring substituents is 4. The number of hydrogen-bond acceptors (Lipinski definition) is 10. The Morgan fingerprint density at radius 2 is 0.867 bits per heavy atom. The first-order valence-electron chi connectivity index (χ1n) is 7.46. The van der Waals surface area contributed by atoms with E-state index in [9.17, 15) is 50.7 Å². The van der Waals surface area contributed by atoms with Crippen LogP contribution in [0, 0.1) is 40.5 Å². The summed E-state index contributed by atoms with van der Waals surface area (Å²) in [5.41, 5.74) is -5.00. The van der Waals surface area contributed by atoms with Crippen molar-refractivity contribution in [1.82, 2.24) is 0 Å². The standard InChI is InChI=1S/C14H8Cl2N4O10/c15-14(16)11(5-1-7(17(23)24)12(21)8(2-5)18(25)26)6-3-9(19(27)28)13(22)10(4-6)20(29)30/h1-4,11,14,21-22H. The summed E-state index contributed by atoms with van der Waals surface area (Å²) in [6.07, 6.45) is 0. The van der Waals surface area contributed by atoms with Gasteiger partial charge in [0, 0.05) is 30.2 Å². The fraction of sp³-hybridized carbons (Fsp3) is 0.143. The lowest BCUT2D eigenvalue weighted by atomic mass is 9.90. The van der Waals surface area contributed by atoms with Crippen LogP contribution in [0.5, 0.6) is 11.5 Å². The van der Waals surface area contributed by atoms with Gasteiger partial charge in [0.05, 0.1) is 19.7 Å². The minimum Gasteiger partial charge on any atom is -0.497 e. The molecular weight excluding hydrogens is 455 g/mol. The first-order chi connectivity index (χ1) is 13.9. The maximum atomic E-state index is 11.2. The average Bonchev–Trinajstić information content (AvgIpc) is 2.62. The van der Waals surface area contributed by atoms with Crippen LogP contribution in [-0.4, -0.2) is 34.7 Å². The number of phenolic OH excluding ortho intramolecular Hbond substituents is 2. The number of benzene rings is 2. The van der Waals surface area contributed by atoms with Gasteiger partial charge < -0.3 is 10.2 Å². The summed E-state index contributed by atoms with van der Waals surface area (Å²) in [6.45, 7) is 0. The predicted octanol–water partition coefficient (Wildman–Crippen LogP) is 3.67. The quantitative estimate of drug-likeness (QED) is 0.345. The van der Waals surface area contributed by atoms with Gasteiger partial charge in [-0.2, -0.15) is 0 Å². The Balaban J connectivity index is 2.88. The minimum atomic E-state index is -1.56. The topological polar surface area (TPSA) is 213 Å². The van der Waals surface area contributed by atoms with Crippen molar-refractivity contribution in [2.45, 2.75) is 10.8 Å². The predicted molar refractivity (Wildman–Crippen MR) is 100 cm³/mol. The van der Waals surface area contributed by atoms with Gasteiger partial charge in [-0.1, -0.05) is 0 Å². The molecule has 0 unspecified atom stereocenters. The highest BCUT2D eigenvalue weighted by Crippen LogP contribution is 2.45. The molecule has 2 aromatic rings. The molecule has 0 aromatic heterocycles. The van der Waals surface area contributed by atoms with Gasteiger partial charge in [-0.25, -0.2) is 0 Å². The molecule has 0 saturated carbocycles. The minimum absolute atomic E-state index is 0.338. The van der Waals surface area contributed by atoms with Crippen LogP contribution in [0.3, 0.4) is 0 Å². The molecule has 0 aliphatic carbocycles. The normalized spacial score (nSPS) is 10.9. The van der Waals surface area contributed by atoms with Gasteiger partial charge in [-0.05, 0) is 11.1 Å². The molecule has 2 N–H and O–H groups in total. The third-order valence-corrected chi connectivity index (χ3v) is 4.44. The van der Waals surface area contributed by atoms with Crippen molar-refractivity contribution in [2.75, 3.05) is 0 Å². The molecule has 0 atom stereocenters. The zero-order valence-corrected chi connectivity index (χ0v) is 15.7. The molecule has 158 valence electrons. The Kier molecular flexibility index (Phi) is 6.23. The summed E-state index contributed by atoms with van der Waals surface area (Å²) in [5, 5.41) is 64.1. The molecule has 0 radical (unpaired) electrons. The zero-order chi connectivity index (χ0) is 22.9. The molecule has 0 amide bonds. The Bertz CT molecular complexity index is 939. The highest BCUT2D eigenvalue weighted by molar-refractivity contribution is 6.45. The lowest BCUT2D eigenvalue weighted by molar-refractivity contribution is -0.396. The molecule has 0 aliphatic heterocycles. The summed E-state index contributed by atoms with van der Waals surface area (Å²) in [4.78, 5) is 38.6. The molecule has 2 aromatic carbocycles. The first-order valence-corrected chi connectivity index (χ1v) is 8.33. The van der Waals surface area contributed by atoms with Crippen molar-refractivity contribution in [1.29, 1.82) is 0 Å². The molecule has 0 fully saturated rings. The molecule has 16 heteroatoms. The van der Waals surface area contributed by atoms with Gasteiger partial charge in [0.2, 0.25) is 0 Å².